The van der Waals surface area contributed by atoms with E-state index in [9.17, 15) is 18.0 Å². The van der Waals surface area contributed by atoms with Crippen molar-refractivity contribution in [2.75, 3.05) is 18.9 Å². The van der Waals surface area contributed by atoms with Crippen molar-refractivity contribution in [3.05, 3.63) is 88.6 Å². The lowest BCUT2D eigenvalue weighted by atomic mass is 10.2. The first-order valence-corrected chi connectivity index (χ1v) is 17.1. The van der Waals surface area contributed by atoms with Crippen molar-refractivity contribution in [3.8, 4) is 23.4 Å². The van der Waals surface area contributed by atoms with Crippen LogP contribution >= 0.6 is 23.2 Å². The molecule has 19 heteroatoms. The van der Waals surface area contributed by atoms with Crippen LogP contribution in [0.3, 0.4) is 0 Å². The first kappa shape index (κ1) is 37.6. The highest BCUT2D eigenvalue weighted by atomic mass is 35.5. The van der Waals surface area contributed by atoms with E-state index >= 15 is 0 Å². The van der Waals surface area contributed by atoms with Gasteiger partial charge in [0.2, 0.25) is 11.8 Å². The Morgan fingerprint density at radius 2 is 1.36 bits per heavy atom. The van der Waals surface area contributed by atoms with Crippen LogP contribution in [0.4, 0.5) is 5.82 Å². The molecule has 0 aliphatic carbocycles. The highest BCUT2D eigenvalue weighted by Crippen LogP contribution is 2.21. The number of anilines is 1. The Morgan fingerprint density at radius 1 is 0.860 bits per heavy atom. The van der Waals surface area contributed by atoms with Crippen molar-refractivity contribution >= 4 is 50.9 Å². The van der Waals surface area contributed by atoms with E-state index in [0.29, 0.717) is 48.4 Å². The summed E-state index contributed by atoms with van der Waals surface area (Å²) in [6, 6.07) is 11.8. The number of rotatable bonds is 12. The minimum atomic E-state index is -4.24. The number of halogens is 2. The van der Waals surface area contributed by atoms with Gasteiger partial charge in [-0.3, -0.25) is 4.79 Å². The van der Waals surface area contributed by atoms with Gasteiger partial charge in [0.15, 0.2) is 11.6 Å². The molecule has 0 unspecified atom stereocenters. The Morgan fingerprint density at radius 3 is 1.80 bits per heavy atom. The molecule has 0 atom stereocenters. The van der Waals surface area contributed by atoms with Crippen molar-refractivity contribution in [2.24, 2.45) is 11.8 Å². The molecular formula is C31H39Cl2N9O7S. The maximum atomic E-state index is 12.4. The number of hydrogen-bond donors (Lipinski definition) is 3. The zero-order valence-corrected chi connectivity index (χ0v) is 29.5. The summed E-state index contributed by atoms with van der Waals surface area (Å²) < 4.78 is 40.6. The van der Waals surface area contributed by atoms with Crippen LogP contribution in [0.1, 0.15) is 52.7 Å². The van der Waals surface area contributed by atoms with Gasteiger partial charge in [-0.1, -0.05) is 50.9 Å². The monoisotopic (exact) mass is 751 g/mol. The number of aromatic nitrogens is 7. The van der Waals surface area contributed by atoms with Gasteiger partial charge in [0.25, 0.3) is 15.9 Å². The minimum absolute atomic E-state index is 0. The standard InChI is InChI=1S/C18H19ClN6O4S.C13H14ClN3O3.3H2/c1-11(2)10-29-15-7-9-25(23-15)14-6-5-12(16(19)22-14)18(26)24-30(27,28)13-4-3-8-21-17(13)20;1-8(2)7-20-11-5-6-17(16-11)10-4-3-9(13(18)19)12(14)15-10;;;/h3-9,11H,10H2,1-2H3,(H2,20,21)(H,24,26);3-6,8H,7H2,1-2H3,(H,18,19);3*1H. The summed E-state index contributed by atoms with van der Waals surface area (Å²) in [6.07, 6.45) is 4.64. The fourth-order valence-electron chi connectivity index (χ4n) is 3.82. The molecule has 1 amide bonds. The smallest absolute Gasteiger partial charge is 0.338 e. The van der Waals surface area contributed by atoms with Gasteiger partial charge in [0.05, 0.1) is 24.3 Å². The van der Waals surface area contributed by atoms with Crippen LogP contribution in [-0.4, -0.2) is 73.1 Å². The molecule has 0 saturated carbocycles. The summed E-state index contributed by atoms with van der Waals surface area (Å²) in [5.74, 6) is 0.115. The lowest BCUT2D eigenvalue weighted by Crippen LogP contribution is -2.31. The van der Waals surface area contributed by atoms with Crippen molar-refractivity contribution in [3.63, 3.8) is 0 Å². The Bertz CT molecular complexity index is 2100. The number of sulfonamides is 1. The number of amides is 1. The van der Waals surface area contributed by atoms with Crippen LogP contribution in [-0.2, 0) is 10.0 Å². The topological polar surface area (TPSA) is 219 Å². The third-order valence-electron chi connectivity index (χ3n) is 6.19. The molecule has 0 aliphatic rings. The number of nitrogen functional groups attached to an aromatic ring is 1. The molecule has 5 heterocycles. The maximum absolute atomic E-state index is 12.4. The minimum Gasteiger partial charge on any atom is -0.478 e. The third kappa shape index (κ3) is 9.90. The van der Waals surface area contributed by atoms with Crippen LogP contribution in [0.2, 0.25) is 10.3 Å². The van der Waals surface area contributed by atoms with Gasteiger partial charge in [-0.15, -0.1) is 10.2 Å². The van der Waals surface area contributed by atoms with Crippen molar-refractivity contribution in [1.82, 2.24) is 39.2 Å². The van der Waals surface area contributed by atoms with E-state index < -0.39 is 21.9 Å². The van der Waals surface area contributed by atoms with E-state index in [-0.39, 0.29) is 36.4 Å². The first-order chi connectivity index (χ1) is 23.6. The van der Waals surface area contributed by atoms with Crippen LogP contribution in [0, 0.1) is 11.8 Å². The number of ether oxygens (including phenoxy) is 2. The quantitative estimate of drug-likeness (QED) is 0.135. The number of hydrogen-bond acceptors (Lipinski definition) is 12. The number of carboxylic acid groups (broad SMARTS) is 1. The average Bonchev–Trinajstić information content (AvgIpc) is 3.73. The van der Waals surface area contributed by atoms with E-state index in [0.717, 1.165) is 0 Å². The van der Waals surface area contributed by atoms with Crippen molar-refractivity contribution < 1.29 is 36.9 Å². The lowest BCUT2D eigenvalue weighted by molar-refractivity contribution is 0.0696. The highest BCUT2D eigenvalue weighted by molar-refractivity contribution is 7.90. The predicted molar refractivity (Wildman–Crippen MR) is 190 cm³/mol. The largest absolute Gasteiger partial charge is 0.478 e. The Hall–Kier alpha value is -5.26. The molecule has 5 aromatic heterocycles. The number of nitrogens with one attached hydrogen (secondary N) is 1. The molecular weight excluding hydrogens is 713 g/mol. The summed E-state index contributed by atoms with van der Waals surface area (Å²) in [5, 5.41) is 17.0. The second-order valence-corrected chi connectivity index (χ2v) is 13.6. The molecule has 0 aliphatic heterocycles. The summed E-state index contributed by atoms with van der Waals surface area (Å²) >= 11 is 11.9. The Kier molecular flexibility index (Phi) is 12.3. The van der Waals surface area contributed by atoms with Gasteiger partial charge in [0, 0.05) is 35.0 Å². The zero-order chi connectivity index (χ0) is 36.6. The molecule has 0 spiro atoms. The molecule has 0 fully saturated rings. The van der Waals surface area contributed by atoms with Gasteiger partial charge in [0.1, 0.15) is 21.0 Å². The van der Waals surface area contributed by atoms with Crippen LogP contribution in [0.5, 0.6) is 11.8 Å². The normalized spacial score (nSPS) is 11.2. The molecule has 50 heavy (non-hydrogen) atoms. The van der Waals surface area contributed by atoms with E-state index in [1.807, 2.05) is 32.4 Å². The van der Waals surface area contributed by atoms with Crippen molar-refractivity contribution in [1.29, 1.82) is 0 Å². The highest BCUT2D eigenvalue weighted by Gasteiger charge is 2.24. The van der Waals surface area contributed by atoms with Gasteiger partial charge < -0.3 is 20.3 Å². The van der Waals surface area contributed by atoms with Gasteiger partial charge in [-0.05, 0) is 48.2 Å². The molecule has 0 saturated heterocycles. The average molecular weight is 753 g/mol. The van der Waals surface area contributed by atoms with Crippen molar-refractivity contribution in [2.45, 2.75) is 32.6 Å². The molecule has 0 bridgehead atoms. The number of nitrogens with zero attached hydrogens (tertiary/aromatic N) is 7. The molecule has 16 nitrogen and oxygen atoms in total. The predicted octanol–water partition coefficient (Wildman–Crippen LogP) is 5.44. The molecule has 5 rings (SSSR count). The van der Waals surface area contributed by atoms with E-state index in [4.69, 9.17) is 43.5 Å². The second-order valence-electron chi connectivity index (χ2n) is 11.2. The summed E-state index contributed by atoms with van der Waals surface area (Å²) in [6.45, 7) is 9.21. The SMILES string of the molecule is CC(C)COc1ccn(-c2ccc(C(=O)NS(=O)(=O)c3cccnc3N)c(Cl)n2)n1.CC(C)COc1ccn(-c2ccc(C(=O)O)c(Cl)n2)n1.[HH].[HH].[HH]. The van der Waals surface area contributed by atoms with Gasteiger partial charge in [-0.2, -0.15) is 0 Å². The zero-order valence-electron chi connectivity index (χ0n) is 27.2. The van der Waals surface area contributed by atoms with E-state index in [1.165, 1.54) is 52.0 Å². The number of carbonyl (C=O) groups excluding carboxylic acids is 1. The Labute approximate surface area is 301 Å². The molecule has 0 radical (unpaired) electrons. The van der Waals surface area contributed by atoms with Gasteiger partial charge in [-0.25, -0.2) is 42.2 Å². The summed E-state index contributed by atoms with van der Waals surface area (Å²) in [5.41, 5.74) is 5.40. The number of pyridine rings is 3. The molecule has 4 N–H and O–H groups in total. The van der Waals surface area contributed by atoms with Crippen LogP contribution < -0.4 is 19.9 Å². The number of carbonyl (C=O) groups is 2. The van der Waals surface area contributed by atoms with Crippen LogP contribution in [0.25, 0.3) is 11.6 Å². The first-order valence-electron chi connectivity index (χ1n) is 14.9. The summed E-state index contributed by atoms with van der Waals surface area (Å²) in [4.78, 5) is 34.8. The van der Waals surface area contributed by atoms with Gasteiger partial charge >= 0.3 is 5.97 Å². The number of nitrogens with two attached hydrogens (primary N) is 1. The second kappa shape index (κ2) is 16.4. The van der Waals surface area contributed by atoms with E-state index in [1.54, 1.807) is 24.5 Å². The number of carboxylic acids is 1. The molecule has 270 valence electrons. The molecule has 0 aromatic carbocycles. The molecule has 5 aromatic rings. The number of aromatic carboxylic acids is 1. The summed E-state index contributed by atoms with van der Waals surface area (Å²) in [7, 11) is -4.24. The van der Waals surface area contributed by atoms with E-state index in [2.05, 4.69) is 25.1 Å². The fraction of sp³-hybridized carbons (Fsp3) is 0.258. The Balaban J connectivity index is 0.000000537. The third-order valence-corrected chi connectivity index (χ3v) is 8.14. The maximum Gasteiger partial charge on any atom is 0.338 e. The fourth-order valence-corrected chi connectivity index (χ4v) is 5.34. The lowest BCUT2D eigenvalue weighted by Gasteiger charge is -2.10. The van der Waals surface area contributed by atoms with Crippen LogP contribution in [0.15, 0.2) is 72.0 Å².